The van der Waals surface area contributed by atoms with Gasteiger partial charge in [0.15, 0.2) is 8.32 Å². The van der Waals surface area contributed by atoms with Gasteiger partial charge >= 0.3 is 0 Å². The van der Waals surface area contributed by atoms with E-state index < -0.39 is 14.3 Å². The first-order valence-electron chi connectivity index (χ1n) is 6.47. The Bertz CT molecular complexity index is 370. The van der Waals surface area contributed by atoms with Crippen molar-refractivity contribution in [1.29, 1.82) is 0 Å². The number of pyridine rings is 1. The molecule has 0 spiro atoms. The molecule has 0 fully saturated rings. The summed E-state index contributed by atoms with van der Waals surface area (Å²) in [7, 11) is -1.63. The van der Waals surface area contributed by atoms with Crippen LogP contribution >= 0.6 is 0 Å². The van der Waals surface area contributed by atoms with Crippen molar-refractivity contribution < 1.29 is 8.82 Å². The molecular weight excluding hydrogens is 245 g/mol. The lowest BCUT2D eigenvalue weighted by Gasteiger charge is -2.36. The zero-order chi connectivity index (χ0) is 13.8. The van der Waals surface area contributed by atoms with Gasteiger partial charge in [0.2, 0.25) is 5.95 Å². The summed E-state index contributed by atoms with van der Waals surface area (Å²) < 4.78 is 18.7. The number of nitrogens with zero attached hydrogens (tertiary/aromatic N) is 1. The topological polar surface area (TPSA) is 22.1 Å². The minimum Gasteiger partial charge on any atom is -0.417 e. The van der Waals surface area contributed by atoms with Gasteiger partial charge in [-0.15, -0.1) is 0 Å². The van der Waals surface area contributed by atoms with Crippen molar-refractivity contribution in [3.63, 3.8) is 0 Å². The summed E-state index contributed by atoms with van der Waals surface area (Å²) in [5.41, 5.74) is 1.07. The Morgan fingerprint density at radius 3 is 2.44 bits per heavy atom. The molecule has 0 aliphatic carbocycles. The highest BCUT2D eigenvalue weighted by Crippen LogP contribution is 2.36. The minimum absolute atomic E-state index is 0.254. The summed E-state index contributed by atoms with van der Waals surface area (Å²) in [6.45, 7) is 12.0. The highest BCUT2D eigenvalue weighted by atomic mass is 28.4. The van der Waals surface area contributed by atoms with E-state index in [4.69, 9.17) is 4.43 Å². The van der Waals surface area contributed by atoms with Crippen LogP contribution < -0.4 is 0 Å². The molecule has 0 bridgehead atoms. The molecule has 18 heavy (non-hydrogen) atoms. The average molecular weight is 269 g/mol. The summed E-state index contributed by atoms with van der Waals surface area (Å²) in [4.78, 5) is 3.65. The number of aromatic nitrogens is 1. The lowest BCUT2D eigenvalue weighted by atomic mass is 10.2. The van der Waals surface area contributed by atoms with E-state index in [1.165, 1.54) is 6.07 Å². The Hall–Kier alpha value is -0.743. The van der Waals surface area contributed by atoms with E-state index in [0.29, 0.717) is 0 Å². The Balaban J connectivity index is 2.33. The second-order valence-electron chi connectivity index (χ2n) is 6.20. The third kappa shape index (κ3) is 4.50. The molecule has 0 radical (unpaired) electrons. The van der Waals surface area contributed by atoms with Crippen molar-refractivity contribution in [2.24, 2.45) is 0 Å². The van der Waals surface area contributed by atoms with Gasteiger partial charge in [-0.2, -0.15) is 4.39 Å². The molecule has 1 rings (SSSR count). The van der Waals surface area contributed by atoms with Crippen LogP contribution in [0.25, 0.3) is 0 Å². The molecule has 102 valence electrons. The van der Waals surface area contributed by atoms with Crippen molar-refractivity contribution in [3.8, 4) is 0 Å². The lowest BCUT2D eigenvalue weighted by molar-refractivity contribution is 0.282. The van der Waals surface area contributed by atoms with Crippen LogP contribution in [-0.2, 0) is 10.8 Å². The largest absolute Gasteiger partial charge is 0.417 e. The van der Waals surface area contributed by atoms with E-state index in [2.05, 4.69) is 38.8 Å². The average Bonchev–Trinajstić information content (AvgIpc) is 2.25. The molecule has 1 heterocycles. The van der Waals surface area contributed by atoms with Crippen molar-refractivity contribution in [2.75, 3.05) is 6.61 Å². The van der Waals surface area contributed by atoms with E-state index in [0.717, 1.165) is 25.0 Å². The fourth-order valence-corrected chi connectivity index (χ4v) is 2.46. The van der Waals surface area contributed by atoms with E-state index in [1.54, 1.807) is 12.3 Å². The fraction of sp³-hybridized carbons (Fsp3) is 0.643. The van der Waals surface area contributed by atoms with Crippen LogP contribution in [0.5, 0.6) is 0 Å². The van der Waals surface area contributed by atoms with E-state index >= 15 is 0 Å². The van der Waals surface area contributed by atoms with Crippen LogP contribution in [0.4, 0.5) is 4.39 Å². The Labute approximate surface area is 111 Å². The predicted octanol–water partition coefficient (Wildman–Crippen LogP) is 4.18. The van der Waals surface area contributed by atoms with Gasteiger partial charge in [-0.1, -0.05) is 26.8 Å². The van der Waals surface area contributed by atoms with Gasteiger partial charge in [0.25, 0.3) is 0 Å². The molecule has 1 aromatic heterocycles. The van der Waals surface area contributed by atoms with Crippen LogP contribution in [0.1, 0.15) is 32.8 Å². The molecule has 1 aromatic rings. The minimum atomic E-state index is -1.63. The first kappa shape index (κ1) is 15.3. The van der Waals surface area contributed by atoms with Crippen LogP contribution in [-0.4, -0.2) is 19.9 Å². The predicted molar refractivity (Wildman–Crippen MR) is 75.7 cm³/mol. The second kappa shape index (κ2) is 5.93. The second-order valence-corrected chi connectivity index (χ2v) is 11.0. The monoisotopic (exact) mass is 269 g/mol. The Morgan fingerprint density at radius 1 is 1.28 bits per heavy atom. The fourth-order valence-electron chi connectivity index (χ4n) is 1.37. The molecule has 0 saturated heterocycles. The van der Waals surface area contributed by atoms with Crippen LogP contribution in [0.2, 0.25) is 18.1 Å². The first-order chi connectivity index (χ1) is 8.22. The Morgan fingerprint density at radius 2 is 1.94 bits per heavy atom. The maximum atomic E-state index is 12.6. The Kier molecular flexibility index (Phi) is 5.05. The number of hydrogen-bond donors (Lipinski definition) is 0. The number of rotatable bonds is 5. The number of halogens is 1. The van der Waals surface area contributed by atoms with E-state index in [1.807, 2.05) is 0 Å². The smallest absolute Gasteiger partial charge is 0.212 e. The zero-order valence-corrected chi connectivity index (χ0v) is 13.1. The summed E-state index contributed by atoms with van der Waals surface area (Å²) in [5.74, 6) is -0.420. The van der Waals surface area contributed by atoms with Gasteiger partial charge < -0.3 is 4.43 Å². The van der Waals surface area contributed by atoms with E-state index in [9.17, 15) is 4.39 Å². The molecule has 0 aliphatic rings. The summed E-state index contributed by atoms with van der Waals surface area (Å²) in [6, 6.07) is 3.19. The van der Waals surface area contributed by atoms with Crippen LogP contribution in [0, 0.1) is 5.95 Å². The SMILES string of the molecule is CC(C)(C)[Si](C)(C)OCCCc1ccc(F)nc1. The summed E-state index contributed by atoms with van der Waals surface area (Å²) >= 11 is 0. The summed E-state index contributed by atoms with van der Waals surface area (Å²) in [6.07, 6.45) is 3.45. The zero-order valence-electron chi connectivity index (χ0n) is 12.1. The molecule has 0 N–H and O–H groups in total. The number of aryl methyl sites for hydroxylation is 1. The molecule has 2 nitrogen and oxygen atoms in total. The van der Waals surface area contributed by atoms with Crippen LogP contribution in [0.3, 0.4) is 0 Å². The van der Waals surface area contributed by atoms with Gasteiger partial charge in [0, 0.05) is 12.8 Å². The highest BCUT2D eigenvalue weighted by Gasteiger charge is 2.36. The molecular formula is C14H24FNOSi. The van der Waals surface area contributed by atoms with Crippen molar-refractivity contribution in [2.45, 2.75) is 51.7 Å². The van der Waals surface area contributed by atoms with Gasteiger partial charge in [-0.05, 0) is 42.6 Å². The third-order valence-electron chi connectivity index (χ3n) is 3.67. The van der Waals surface area contributed by atoms with Crippen molar-refractivity contribution >= 4 is 8.32 Å². The van der Waals surface area contributed by atoms with Gasteiger partial charge in [-0.3, -0.25) is 0 Å². The lowest BCUT2D eigenvalue weighted by Crippen LogP contribution is -2.41. The third-order valence-corrected chi connectivity index (χ3v) is 8.21. The quantitative estimate of drug-likeness (QED) is 0.454. The molecule has 0 atom stereocenters. The van der Waals surface area contributed by atoms with Crippen LogP contribution in [0.15, 0.2) is 18.3 Å². The van der Waals surface area contributed by atoms with Gasteiger partial charge in [0.1, 0.15) is 0 Å². The molecule has 0 aliphatic heterocycles. The maximum absolute atomic E-state index is 12.6. The van der Waals surface area contributed by atoms with E-state index in [-0.39, 0.29) is 5.04 Å². The van der Waals surface area contributed by atoms with Gasteiger partial charge in [-0.25, -0.2) is 4.98 Å². The normalized spacial score (nSPS) is 12.8. The van der Waals surface area contributed by atoms with Gasteiger partial charge in [0.05, 0.1) is 0 Å². The molecule has 0 unspecified atom stereocenters. The molecule has 0 amide bonds. The molecule has 4 heteroatoms. The summed E-state index contributed by atoms with van der Waals surface area (Å²) in [5, 5.41) is 0.254. The molecule has 0 saturated carbocycles. The van der Waals surface area contributed by atoms with Crippen molar-refractivity contribution in [3.05, 3.63) is 29.8 Å². The number of hydrogen-bond acceptors (Lipinski definition) is 2. The maximum Gasteiger partial charge on any atom is 0.212 e. The first-order valence-corrected chi connectivity index (χ1v) is 9.37. The molecule has 0 aromatic carbocycles. The standard InChI is InChI=1S/C14H24FNOSi/c1-14(2,3)18(4,5)17-10-6-7-12-8-9-13(15)16-11-12/h8-9,11H,6-7,10H2,1-5H3. The van der Waals surface area contributed by atoms with Crippen molar-refractivity contribution in [1.82, 2.24) is 4.98 Å². The highest BCUT2D eigenvalue weighted by molar-refractivity contribution is 6.74.